The minimum atomic E-state index is -0.180. The van der Waals surface area contributed by atoms with Gasteiger partial charge in [0.15, 0.2) is 5.96 Å². The molecule has 3 unspecified atom stereocenters. The second-order valence-corrected chi connectivity index (χ2v) is 6.20. The van der Waals surface area contributed by atoms with Crippen LogP contribution < -0.4 is 10.6 Å². The molecule has 130 valence electrons. The van der Waals surface area contributed by atoms with Crippen LogP contribution in [0.5, 0.6) is 0 Å². The number of guanidine groups is 1. The van der Waals surface area contributed by atoms with Gasteiger partial charge in [0.1, 0.15) is 0 Å². The molecule has 3 atom stereocenters. The summed E-state index contributed by atoms with van der Waals surface area (Å²) in [6.07, 6.45) is 2.94. The number of benzene rings is 1. The number of nitrogens with zero attached hydrogens (tertiary/aromatic N) is 1. The lowest BCUT2D eigenvalue weighted by atomic mass is 10.0. The molecule has 1 saturated carbocycles. The second-order valence-electron chi connectivity index (χ2n) is 6.20. The maximum Gasteiger partial charge on any atom is 0.191 e. The van der Waals surface area contributed by atoms with Gasteiger partial charge in [0.05, 0.1) is 12.1 Å². The Labute approximate surface area is 157 Å². The van der Waals surface area contributed by atoms with E-state index in [1.54, 1.807) is 0 Å². The van der Waals surface area contributed by atoms with Crippen molar-refractivity contribution in [2.24, 2.45) is 10.9 Å². The zero-order valence-electron chi connectivity index (χ0n) is 14.4. The van der Waals surface area contributed by atoms with Crippen molar-refractivity contribution in [3.8, 4) is 0 Å². The number of aliphatic hydroxyl groups excluding tert-OH is 1. The Morgan fingerprint density at radius 3 is 2.70 bits per heavy atom. The van der Waals surface area contributed by atoms with Gasteiger partial charge in [-0.15, -0.1) is 24.0 Å². The van der Waals surface area contributed by atoms with Gasteiger partial charge >= 0.3 is 0 Å². The molecule has 1 aliphatic rings. The molecule has 0 aromatic heterocycles. The molecule has 0 amide bonds. The Bertz CT molecular complexity index is 507. The maximum absolute atomic E-state index is 9.92. The van der Waals surface area contributed by atoms with Crippen molar-refractivity contribution in [2.75, 3.05) is 13.1 Å². The van der Waals surface area contributed by atoms with E-state index >= 15 is 0 Å². The smallest absolute Gasteiger partial charge is 0.191 e. The van der Waals surface area contributed by atoms with E-state index in [0.29, 0.717) is 12.5 Å². The normalized spacial score (nSPS) is 22.3. The van der Waals surface area contributed by atoms with Crippen molar-refractivity contribution in [1.29, 1.82) is 0 Å². The fraction of sp³-hybridized carbons (Fsp3) is 0.611. The Morgan fingerprint density at radius 1 is 1.35 bits per heavy atom. The number of halogens is 1. The largest absolute Gasteiger partial charge is 0.393 e. The summed E-state index contributed by atoms with van der Waals surface area (Å²) < 4.78 is 0. The predicted molar refractivity (Wildman–Crippen MR) is 107 cm³/mol. The summed E-state index contributed by atoms with van der Waals surface area (Å²) in [5.41, 5.74) is 2.57. The average molecular weight is 431 g/mol. The van der Waals surface area contributed by atoms with Crippen LogP contribution in [-0.4, -0.2) is 30.3 Å². The summed E-state index contributed by atoms with van der Waals surface area (Å²) in [5.74, 6) is 1.14. The van der Waals surface area contributed by atoms with Crippen molar-refractivity contribution in [2.45, 2.75) is 52.2 Å². The average Bonchev–Trinajstić information content (AvgIpc) is 2.90. The van der Waals surface area contributed by atoms with Crippen LogP contribution in [0.4, 0.5) is 0 Å². The highest BCUT2D eigenvalue weighted by molar-refractivity contribution is 14.0. The maximum atomic E-state index is 9.92. The van der Waals surface area contributed by atoms with Gasteiger partial charge in [0.2, 0.25) is 0 Å². The van der Waals surface area contributed by atoms with Crippen molar-refractivity contribution < 1.29 is 5.11 Å². The Balaban J connectivity index is 0.00000264. The fourth-order valence-electron chi connectivity index (χ4n) is 3.11. The molecule has 0 bridgehead atoms. The van der Waals surface area contributed by atoms with Gasteiger partial charge in [0, 0.05) is 19.0 Å². The molecule has 0 radical (unpaired) electrons. The van der Waals surface area contributed by atoms with Gasteiger partial charge in [-0.1, -0.05) is 30.7 Å². The molecule has 5 heteroatoms. The van der Waals surface area contributed by atoms with Crippen LogP contribution in [0, 0.1) is 12.8 Å². The van der Waals surface area contributed by atoms with Gasteiger partial charge in [-0.2, -0.15) is 0 Å². The van der Waals surface area contributed by atoms with Gasteiger partial charge in [-0.3, -0.25) is 4.99 Å². The highest BCUT2D eigenvalue weighted by Gasteiger charge is 2.24. The van der Waals surface area contributed by atoms with E-state index in [2.05, 4.69) is 60.7 Å². The van der Waals surface area contributed by atoms with Crippen LogP contribution in [0.2, 0.25) is 0 Å². The third-order valence-electron chi connectivity index (χ3n) is 4.46. The van der Waals surface area contributed by atoms with E-state index in [1.807, 2.05) is 0 Å². The zero-order chi connectivity index (χ0) is 15.9. The van der Waals surface area contributed by atoms with Crippen molar-refractivity contribution >= 4 is 29.9 Å². The van der Waals surface area contributed by atoms with E-state index in [1.165, 1.54) is 11.1 Å². The highest BCUT2D eigenvalue weighted by Crippen LogP contribution is 2.25. The van der Waals surface area contributed by atoms with Crippen molar-refractivity contribution in [1.82, 2.24) is 10.6 Å². The highest BCUT2D eigenvalue weighted by atomic mass is 127. The lowest BCUT2D eigenvalue weighted by molar-refractivity contribution is 0.136. The van der Waals surface area contributed by atoms with Crippen LogP contribution in [0.25, 0.3) is 0 Å². The predicted octanol–water partition coefficient (Wildman–Crippen LogP) is 3.39. The molecule has 1 aliphatic carbocycles. The summed E-state index contributed by atoms with van der Waals surface area (Å²) in [4.78, 5) is 4.68. The fourth-order valence-corrected chi connectivity index (χ4v) is 3.11. The first-order valence-corrected chi connectivity index (χ1v) is 8.40. The molecular formula is C18H30IN3O. The van der Waals surface area contributed by atoms with Crippen LogP contribution >= 0.6 is 24.0 Å². The molecule has 4 nitrogen and oxygen atoms in total. The zero-order valence-corrected chi connectivity index (χ0v) is 16.7. The summed E-state index contributed by atoms with van der Waals surface area (Å²) in [7, 11) is 0. The van der Waals surface area contributed by atoms with Gasteiger partial charge in [-0.05, 0) is 44.7 Å². The summed E-state index contributed by atoms with van der Waals surface area (Å²) in [6.45, 7) is 7.88. The molecule has 0 heterocycles. The molecule has 3 N–H and O–H groups in total. The van der Waals surface area contributed by atoms with Gasteiger partial charge in [0.25, 0.3) is 0 Å². The minimum Gasteiger partial charge on any atom is -0.393 e. The SMILES string of the molecule is CCNC(=NCC1CCCC1O)NC(C)c1ccccc1C.I. The molecular weight excluding hydrogens is 401 g/mol. The van der Waals surface area contributed by atoms with E-state index in [4.69, 9.17) is 0 Å². The topological polar surface area (TPSA) is 56.7 Å². The molecule has 1 fully saturated rings. The number of rotatable bonds is 5. The first kappa shape index (κ1) is 20.2. The van der Waals surface area contributed by atoms with E-state index in [0.717, 1.165) is 31.8 Å². The van der Waals surface area contributed by atoms with Gasteiger partial charge < -0.3 is 15.7 Å². The third kappa shape index (κ3) is 5.95. The van der Waals surface area contributed by atoms with Gasteiger partial charge in [-0.25, -0.2) is 0 Å². The number of hydrogen-bond acceptors (Lipinski definition) is 2. The Kier molecular flexibility index (Phi) is 8.91. The molecule has 2 rings (SSSR count). The first-order chi connectivity index (χ1) is 10.6. The molecule has 1 aromatic carbocycles. The Hall–Kier alpha value is -0.820. The number of aliphatic imine (C=N–C) groups is 1. The monoisotopic (exact) mass is 431 g/mol. The summed E-state index contributed by atoms with van der Waals surface area (Å²) in [6, 6.07) is 8.61. The molecule has 0 aliphatic heterocycles. The first-order valence-electron chi connectivity index (χ1n) is 8.40. The summed E-state index contributed by atoms with van der Waals surface area (Å²) in [5, 5.41) is 16.7. The Morgan fingerprint density at radius 2 is 2.09 bits per heavy atom. The van der Waals surface area contributed by atoms with Crippen molar-refractivity contribution in [3.63, 3.8) is 0 Å². The third-order valence-corrected chi connectivity index (χ3v) is 4.46. The molecule has 23 heavy (non-hydrogen) atoms. The second kappa shape index (κ2) is 10.1. The molecule has 0 saturated heterocycles. The number of aryl methyl sites for hydroxylation is 1. The lowest BCUT2D eigenvalue weighted by Gasteiger charge is -2.20. The number of nitrogens with one attached hydrogen (secondary N) is 2. The van der Waals surface area contributed by atoms with E-state index in [-0.39, 0.29) is 36.1 Å². The lowest BCUT2D eigenvalue weighted by Crippen LogP contribution is -2.39. The van der Waals surface area contributed by atoms with Crippen LogP contribution in [0.15, 0.2) is 29.3 Å². The molecule has 1 aromatic rings. The van der Waals surface area contributed by atoms with Crippen LogP contribution in [-0.2, 0) is 0 Å². The van der Waals surface area contributed by atoms with Crippen LogP contribution in [0.3, 0.4) is 0 Å². The quantitative estimate of drug-likeness (QED) is 0.381. The van der Waals surface area contributed by atoms with E-state index in [9.17, 15) is 5.11 Å². The summed E-state index contributed by atoms with van der Waals surface area (Å²) >= 11 is 0. The number of hydrogen-bond donors (Lipinski definition) is 3. The van der Waals surface area contributed by atoms with Crippen molar-refractivity contribution in [3.05, 3.63) is 35.4 Å². The minimum absolute atomic E-state index is 0. The van der Waals surface area contributed by atoms with Crippen LogP contribution in [0.1, 0.15) is 50.3 Å². The molecule has 0 spiro atoms. The number of aliphatic hydroxyl groups is 1. The standard InChI is InChI=1S/C18H29N3O.HI/c1-4-19-18(20-12-15-9-7-11-17(15)22)21-14(3)16-10-6-5-8-13(16)2;/h5-6,8,10,14-15,17,22H,4,7,9,11-12H2,1-3H3,(H2,19,20,21);1H. The van der Waals surface area contributed by atoms with E-state index < -0.39 is 0 Å².